The minimum absolute atomic E-state index is 0.544. The van der Waals surface area contributed by atoms with Crippen molar-refractivity contribution in [2.45, 2.75) is 40.0 Å². The molecule has 0 aliphatic carbocycles. The quantitative estimate of drug-likeness (QED) is 0.787. The maximum Gasteiger partial charge on any atom is 0.130 e. The summed E-state index contributed by atoms with van der Waals surface area (Å²) in [7, 11) is 0. The first-order valence-electron chi connectivity index (χ1n) is 7.35. The van der Waals surface area contributed by atoms with Crippen molar-refractivity contribution in [3.8, 4) is 5.75 Å². The minimum atomic E-state index is 0.544. The van der Waals surface area contributed by atoms with Gasteiger partial charge in [-0.15, -0.1) is 0 Å². The molecular formula is C16H22BrN3O. The van der Waals surface area contributed by atoms with Crippen LogP contribution in [0.25, 0.3) is 0 Å². The van der Waals surface area contributed by atoms with Gasteiger partial charge in [0.1, 0.15) is 12.4 Å². The molecule has 0 spiro atoms. The van der Waals surface area contributed by atoms with Gasteiger partial charge in [-0.05, 0) is 36.7 Å². The Hall–Kier alpha value is -1.33. The zero-order valence-electron chi connectivity index (χ0n) is 12.6. The average molecular weight is 352 g/mol. The lowest BCUT2D eigenvalue weighted by atomic mass is 10.2. The fraction of sp³-hybridized carbons (Fsp3) is 0.438. The molecule has 0 aliphatic heterocycles. The lowest BCUT2D eigenvalue weighted by molar-refractivity contribution is 0.294. The Morgan fingerprint density at radius 2 is 2.19 bits per heavy atom. The lowest BCUT2D eigenvalue weighted by Gasteiger charge is -2.11. The molecule has 114 valence electrons. The Labute approximate surface area is 134 Å². The third-order valence-electron chi connectivity index (χ3n) is 3.23. The van der Waals surface area contributed by atoms with Gasteiger partial charge in [-0.3, -0.25) is 0 Å². The average Bonchev–Trinajstić information content (AvgIpc) is 2.93. The summed E-state index contributed by atoms with van der Waals surface area (Å²) < 4.78 is 9.14. The van der Waals surface area contributed by atoms with E-state index in [4.69, 9.17) is 4.74 Å². The number of benzene rings is 1. The zero-order valence-corrected chi connectivity index (χ0v) is 14.2. The van der Waals surface area contributed by atoms with Crippen LogP contribution in [0.4, 0.5) is 0 Å². The molecule has 0 saturated carbocycles. The van der Waals surface area contributed by atoms with Crippen molar-refractivity contribution >= 4 is 15.9 Å². The first kappa shape index (κ1) is 16.0. The second-order valence-corrected chi connectivity index (χ2v) is 5.75. The van der Waals surface area contributed by atoms with E-state index in [9.17, 15) is 0 Å². The standard InChI is InChI=1S/C16H22BrN3O/c1-3-7-20-12-19-10-14(20)11-21-15-5-6-16(17)13(8-15)9-18-4-2/h5-6,8,10,12,18H,3-4,7,9,11H2,1-2H3. The molecule has 2 aromatic rings. The highest BCUT2D eigenvalue weighted by Crippen LogP contribution is 2.23. The largest absolute Gasteiger partial charge is 0.487 e. The van der Waals surface area contributed by atoms with Gasteiger partial charge in [-0.1, -0.05) is 29.8 Å². The first-order chi connectivity index (χ1) is 10.2. The molecule has 1 heterocycles. The Kier molecular flexibility index (Phi) is 6.26. The van der Waals surface area contributed by atoms with Crippen molar-refractivity contribution in [2.24, 2.45) is 0 Å². The van der Waals surface area contributed by atoms with E-state index >= 15 is 0 Å². The van der Waals surface area contributed by atoms with Gasteiger partial charge in [0, 0.05) is 17.6 Å². The topological polar surface area (TPSA) is 39.1 Å². The fourth-order valence-corrected chi connectivity index (χ4v) is 2.49. The molecule has 0 saturated heterocycles. The van der Waals surface area contributed by atoms with Gasteiger partial charge in [0.15, 0.2) is 0 Å². The van der Waals surface area contributed by atoms with Crippen LogP contribution >= 0.6 is 15.9 Å². The van der Waals surface area contributed by atoms with E-state index in [0.717, 1.165) is 42.0 Å². The van der Waals surface area contributed by atoms with Crippen LogP contribution in [0.15, 0.2) is 35.2 Å². The molecule has 4 nitrogen and oxygen atoms in total. The number of halogens is 1. The summed E-state index contributed by atoms with van der Waals surface area (Å²) in [6.45, 7) is 7.57. The molecule has 0 atom stereocenters. The SMILES string of the molecule is CCCn1cncc1COc1ccc(Br)c(CNCC)c1. The summed E-state index contributed by atoms with van der Waals surface area (Å²) in [4.78, 5) is 4.19. The van der Waals surface area contributed by atoms with E-state index in [1.165, 1.54) is 5.56 Å². The van der Waals surface area contributed by atoms with Crippen molar-refractivity contribution in [1.82, 2.24) is 14.9 Å². The van der Waals surface area contributed by atoms with Crippen LogP contribution in [0.3, 0.4) is 0 Å². The summed E-state index contributed by atoms with van der Waals surface area (Å²) in [6.07, 6.45) is 4.82. The number of imidazole rings is 1. The number of nitrogens with one attached hydrogen (secondary N) is 1. The van der Waals surface area contributed by atoms with Crippen molar-refractivity contribution in [3.05, 3.63) is 46.5 Å². The number of hydrogen-bond donors (Lipinski definition) is 1. The van der Waals surface area contributed by atoms with Gasteiger partial charge < -0.3 is 14.6 Å². The van der Waals surface area contributed by atoms with Gasteiger partial charge in [0.05, 0.1) is 18.2 Å². The Bertz CT molecular complexity index is 568. The molecule has 0 bridgehead atoms. The highest BCUT2D eigenvalue weighted by molar-refractivity contribution is 9.10. The Morgan fingerprint density at radius 3 is 2.95 bits per heavy atom. The maximum absolute atomic E-state index is 5.90. The number of aryl methyl sites for hydroxylation is 1. The number of hydrogen-bond acceptors (Lipinski definition) is 3. The first-order valence-corrected chi connectivity index (χ1v) is 8.14. The Balaban J connectivity index is 2.00. The van der Waals surface area contributed by atoms with Gasteiger partial charge in [-0.2, -0.15) is 0 Å². The highest BCUT2D eigenvalue weighted by atomic mass is 79.9. The summed E-state index contributed by atoms with van der Waals surface area (Å²) in [5.74, 6) is 0.885. The number of nitrogens with zero attached hydrogens (tertiary/aromatic N) is 2. The van der Waals surface area contributed by atoms with E-state index in [-0.39, 0.29) is 0 Å². The van der Waals surface area contributed by atoms with Crippen LogP contribution in [0, 0.1) is 0 Å². The monoisotopic (exact) mass is 351 g/mol. The molecule has 1 N–H and O–H groups in total. The second kappa shape index (κ2) is 8.20. The molecule has 0 unspecified atom stereocenters. The van der Waals surface area contributed by atoms with Crippen molar-refractivity contribution in [3.63, 3.8) is 0 Å². The summed E-state index contributed by atoms with van der Waals surface area (Å²) in [5, 5.41) is 3.33. The van der Waals surface area contributed by atoms with Crippen LogP contribution in [0.1, 0.15) is 31.5 Å². The molecule has 1 aromatic heterocycles. The van der Waals surface area contributed by atoms with Crippen LogP contribution in [0.2, 0.25) is 0 Å². The van der Waals surface area contributed by atoms with E-state index in [2.05, 4.69) is 50.7 Å². The second-order valence-electron chi connectivity index (χ2n) is 4.90. The predicted molar refractivity (Wildman–Crippen MR) is 88.4 cm³/mol. The van der Waals surface area contributed by atoms with E-state index in [1.54, 1.807) is 0 Å². The van der Waals surface area contributed by atoms with Crippen molar-refractivity contribution in [2.75, 3.05) is 6.54 Å². The molecule has 0 fully saturated rings. The molecule has 0 aliphatic rings. The smallest absolute Gasteiger partial charge is 0.130 e. The van der Waals surface area contributed by atoms with Gasteiger partial charge >= 0.3 is 0 Å². The molecule has 2 rings (SSSR count). The Morgan fingerprint density at radius 1 is 1.33 bits per heavy atom. The normalized spacial score (nSPS) is 10.8. The van der Waals surface area contributed by atoms with Gasteiger partial charge in [-0.25, -0.2) is 4.98 Å². The van der Waals surface area contributed by atoms with Crippen LogP contribution in [0.5, 0.6) is 5.75 Å². The fourth-order valence-electron chi connectivity index (χ4n) is 2.10. The molecule has 5 heteroatoms. The van der Waals surface area contributed by atoms with Gasteiger partial charge in [0.25, 0.3) is 0 Å². The number of aromatic nitrogens is 2. The lowest BCUT2D eigenvalue weighted by Crippen LogP contribution is -2.12. The van der Waals surface area contributed by atoms with Crippen LogP contribution in [-0.2, 0) is 19.7 Å². The summed E-state index contributed by atoms with van der Waals surface area (Å²) in [5.41, 5.74) is 2.31. The maximum atomic E-state index is 5.90. The molecule has 0 amide bonds. The number of ether oxygens (including phenoxy) is 1. The molecule has 1 aromatic carbocycles. The van der Waals surface area contributed by atoms with E-state index in [1.807, 2.05) is 24.7 Å². The van der Waals surface area contributed by atoms with Crippen LogP contribution in [-0.4, -0.2) is 16.1 Å². The van der Waals surface area contributed by atoms with Crippen molar-refractivity contribution < 1.29 is 4.74 Å². The minimum Gasteiger partial charge on any atom is -0.487 e. The molecular weight excluding hydrogens is 330 g/mol. The van der Waals surface area contributed by atoms with E-state index in [0.29, 0.717) is 6.61 Å². The predicted octanol–water partition coefficient (Wildman–Crippen LogP) is 3.74. The van der Waals surface area contributed by atoms with Gasteiger partial charge in [0.2, 0.25) is 0 Å². The summed E-state index contributed by atoms with van der Waals surface area (Å²) in [6, 6.07) is 6.10. The zero-order chi connectivity index (χ0) is 15.1. The number of rotatable bonds is 8. The van der Waals surface area contributed by atoms with E-state index < -0.39 is 0 Å². The molecule has 0 radical (unpaired) electrons. The third-order valence-corrected chi connectivity index (χ3v) is 4.01. The third kappa shape index (κ3) is 4.58. The molecule has 21 heavy (non-hydrogen) atoms. The highest BCUT2D eigenvalue weighted by Gasteiger charge is 2.05. The van der Waals surface area contributed by atoms with Crippen molar-refractivity contribution in [1.29, 1.82) is 0 Å². The summed E-state index contributed by atoms with van der Waals surface area (Å²) >= 11 is 3.57. The van der Waals surface area contributed by atoms with Crippen LogP contribution < -0.4 is 10.1 Å².